The van der Waals surface area contributed by atoms with Crippen molar-refractivity contribution in [2.75, 3.05) is 26.7 Å². The first kappa shape index (κ1) is 10.3. The van der Waals surface area contributed by atoms with E-state index >= 15 is 0 Å². The molecule has 0 saturated carbocycles. The van der Waals surface area contributed by atoms with E-state index in [0.29, 0.717) is 25.6 Å². The highest BCUT2D eigenvalue weighted by Crippen LogP contribution is 2.18. The summed E-state index contributed by atoms with van der Waals surface area (Å²) >= 11 is 0. The Morgan fingerprint density at radius 1 is 1.77 bits per heavy atom. The summed E-state index contributed by atoms with van der Waals surface area (Å²) in [5.74, 6) is 0.292. The molecule has 5 heteroatoms. The van der Waals surface area contributed by atoms with Crippen LogP contribution in [-0.4, -0.2) is 48.9 Å². The number of carboxylic acid groups (broad SMARTS) is 1. The zero-order valence-electron chi connectivity index (χ0n) is 7.77. The Bertz CT molecular complexity index is 186. The molecule has 1 heterocycles. The molecular formula is C8H16N2O3. The lowest BCUT2D eigenvalue weighted by molar-refractivity contribution is -0.00341. The maximum absolute atomic E-state index is 10.6. The van der Waals surface area contributed by atoms with E-state index in [-0.39, 0.29) is 6.10 Å². The Balaban J connectivity index is 2.52. The molecule has 1 fully saturated rings. The second-order valence-electron chi connectivity index (χ2n) is 3.29. The summed E-state index contributed by atoms with van der Waals surface area (Å²) in [5, 5.41) is 8.75. The van der Waals surface area contributed by atoms with Crippen LogP contribution < -0.4 is 5.73 Å². The lowest BCUT2D eigenvalue weighted by Crippen LogP contribution is -2.48. The molecule has 1 aliphatic rings. The number of hydrogen-bond donors (Lipinski definition) is 2. The van der Waals surface area contributed by atoms with Crippen molar-refractivity contribution < 1.29 is 14.6 Å². The number of likely N-dealkylation sites (tertiary alicyclic amines) is 1. The molecule has 1 rings (SSSR count). The Labute approximate surface area is 77.5 Å². The Morgan fingerprint density at radius 2 is 2.46 bits per heavy atom. The molecule has 1 amide bonds. The van der Waals surface area contributed by atoms with Gasteiger partial charge in [0.05, 0.1) is 12.6 Å². The molecule has 1 saturated heterocycles. The van der Waals surface area contributed by atoms with Gasteiger partial charge in [-0.2, -0.15) is 0 Å². The van der Waals surface area contributed by atoms with Gasteiger partial charge < -0.3 is 20.5 Å². The van der Waals surface area contributed by atoms with E-state index < -0.39 is 6.09 Å². The fourth-order valence-electron chi connectivity index (χ4n) is 1.68. The number of piperidine rings is 1. The fourth-order valence-corrected chi connectivity index (χ4v) is 1.68. The number of amides is 1. The van der Waals surface area contributed by atoms with Crippen LogP contribution in [0.4, 0.5) is 4.79 Å². The minimum Gasteiger partial charge on any atom is -0.465 e. The second kappa shape index (κ2) is 4.43. The van der Waals surface area contributed by atoms with Crippen molar-refractivity contribution in [2.45, 2.75) is 12.5 Å². The highest BCUT2D eigenvalue weighted by molar-refractivity contribution is 5.65. The minimum absolute atomic E-state index is 0.0464. The van der Waals surface area contributed by atoms with Crippen LogP contribution in [0.15, 0.2) is 0 Å². The van der Waals surface area contributed by atoms with Crippen LogP contribution in [0.2, 0.25) is 0 Å². The third-order valence-corrected chi connectivity index (χ3v) is 2.57. The number of ether oxygens (including phenoxy) is 1. The lowest BCUT2D eigenvalue weighted by atomic mass is 9.94. The van der Waals surface area contributed by atoms with Crippen molar-refractivity contribution in [3.05, 3.63) is 0 Å². The average molecular weight is 188 g/mol. The van der Waals surface area contributed by atoms with Gasteiger partial charge in [0.25, 0.3) is 0 Å². The lowest BCUT2D eigenvalue weighted by Gasteiger charge is -2.35. The van der Waals surface area contributed by atoms with Crippen LogP contribution in [-0.2, 0) is 4.74 Å². The number of methoxy groups -OCH3 is 1. The second-order valence-corrected chi connectivity index (χ2v) is 3.29. The van der Waals surface area contributed by atoms with Crippen LogP contribution in [0.25, 0.3) is 0 Å². The van der Waals surface area contributed by atoms with E-state index in [1.54, 1.807) is 7.11 Å². The molecule has 13 heavy (non-hydrogen) atoms. The molecule has 5 nitrogen and oxygen atoms in total. The predicted octanol–water partition coefficient (Wildman–Crippen LogP) is -0.0400. The minimum atomic E-state index is -0.877. The normalized spacial score (nSPS) is 28.9. The Hall–Kier alpha value is -0.810. The van der Waals surface area contributed by atoms with E-state index in [2.05, 4.69) is 0 Å². The standard InChI is InChI=1S/C8H16N2O3/c1-13-7-5-10(8(11)12)3-2-6(7)4-9/h6-7H,2-5,9H2,1H3,(H,11,12)/t6-,7+/m0/s1. The molecule has 0 aromatic heterocycles. The van der Waals surface area contributed by atoms with Gasteiger partial charge in [0.2, 0.25) is 0 Å². The van der Waals surface area contributed by atoms with Crippen molar-refractivity contribution in [1.82, 2.24) is 4.90 Å². The van der Waals surface area contributed by atoms with Crippen molar-refractivity contribution >= 4 is 6.09 Å². The highest BCUT2D eigenvalue weighted by Gasteiger charge is 2.30. The SMILES string of the molecule is CO[C@@H]1CN(C(=O)O)CC[C@H]1CN. The first-order valence-corrected chi connectivity index (χ1v) is 4.39. The van der Waals surface area contributed by atoms with Crippen LogP contribution >= 0.6 is 0 Å². The van der Waals surface area contributed by atoms with Crippen LogP contribution in [0.5, 0.6) is 0 Å². The summed E-state index contributed by atoms with van der Waals surface area (Å²) in [6.07, 6.45) is -0.131. The summed E-state index contributed by atoms with van der Waals surface area (Å²) < 4.78 is 5.19. The molecule has 2 atom stereocenters. The van der Waals surface area contributed by atoms with Gasteiger partial charge in [-0.05, 0) is 13.0 Å². The predicted molar refractivity (Wildman–Crippen MR) is 47.6 cm³/mol. The maximum atomic E-state index is 10.6. The molecular weight excluding hydrogens is 172 g/mol. The number of hydrogen-bond acceptors (Lipinski definition) is 3. The summed E-state index contributed by atoms with van der Waals surface area (Å²) in [4.78, 5) is 12.0. The summed E-state index contributed by atoms with van der Waals surface area (Å²) in [6.45, 7) is 1.57. The topological polar surface area (TPSA) is 75.8 Å². The van der Waals surface area contributed by atoms with Gasteiger partial charge >= 0.3 is 6.09 Å². The summed E-state index contributed by atoms with van der Waals surface area (Å²) in [6, 6.07) is 0. The summed E-state index contributed by atoms with van der Waals surface area (Å²) in [5.41, 5.74) is 5.54. The molecule has 0 aliphatic carbocycles. The first-order valence-electron chi connectivity index (χ1n) is 4.39. The van der Waals surface area contributed by atoms with Gasteiger partial charge in [0.15, 0.2) is 0 Å². The molecule has 3 N–H and O–H groups in total. The van der Waals surface area contributed by atoms with Crippen molar-refractivity contribution in [3.63, 3.8) is 0 Å². The van der Waals surface area contributed by atoms with Gasteiger partial charge in [-0.15, -0.1) is 0 Å². The number of rotatable bonds is 2. The van der Waals surface area contributed by atoms with E-state index in [9.17, 15) is 4.79 Å². The average Bonchev–Trinajstić information content (AvgIpc) is 2.16. The van der Waals surface area contributed by atoms with Gasteiger partial charge in [-0.3, -0.25) is 0 Å². The van der Waals surface area contributed by atoms with Crippen molar-refractivity contribution in [2.24, 2.45) is 11.7 Å². The van der Waals surface area contributed by atoms with E-state index in [0.717, 1.165) is 6.42 Å². The number of nitrogens with two attached hydrogens (primary N) is 1. The van der Waals surface area contributed by atoms with Gasteiger partial charge in [-0.1, -0.05) is 0 Å². The molecule has 1 aliphatic heterocycles. The molecule has 0 aromatic rings. The van der Waals surface area contributed by atoms with Crippen LogP contribution in [0.1, 0.15) is 6.42 Å². The smallest absolute Gasteiger partial charge is 0.407 e. The molecule has 0 radical (unpaired) electrons. The van der Waals surface area contributed by atoms with Crippen LogP contribution in [0, 0.1) is 5.92 Å². The third-order valence-electron chi connectivity index (χ3n) is 2.57. The highest BCUT2D eigenvalue weighted by atomic mass is 16.5. The monoisotopic (exact) mass is 188 g/mol. The maximum Gasteiger partial charge on any atom is 0.407 e. The zero-order chi connectivity index (χ0) is 9.84. The van der Waals surface area contributed by atoms with Crippen molar-refractivity contribution in [1.29, 1.82) is 0 Å². The van der Waals surface area contributed by atoms with Gasteiger partial charge in [0.1, 0.15) is 0 Å². The Morgan fingerprint density at radius 3 is 2.92 bits per heavy atom. The molecule has 0 aromatic carbocycles. The van der Waals surface area contributed by atoms with E-state index in [1.807, 2.05) is 0 Å². The molecule has 0 unspecified atom stereocenters. The largest absolute Gasteiger partial charge is 0.465 e. The van der Waals surface area contributed by atoms with Crippen LogP contribution in [0.3, 0.4) is 0 Å². The Kier molecular flexibility index (Phi) is 3.50. The fraction of sp³-hybridized carbons (Fsp3) is 0.875. The molecule has 0 bridgehead atoms. The number of carbonyl (C=O) groups is 1. The zero-order valence-corrected chi connectivity index (χ0v) is 7.77. The third kappa shape index (κ3) is 2.32. The number of nitrogens with zero attached hydrogens (tertiary/aromatic N) is 1. The van der Waals surface area contributed by atoms with E-state index in [1.165, 1.54) is 4.90 Å². The van der Waals surface area contributed by atoms with Gasteiger partial charge in [-0.25, -0.2) is 4.79 Å². The van der Waals surface area contributed by atoms with Gasteiger partial charge in [0, 0.05) is 19.6 Å². The quantitative estimate of drug-likeness (QED) is 0.637. The molecule has 0 spiro atoms. The van der Waals surface area contributed by atoms with E-state index in [4.69, 9.17) is 15.6 Å². The molecule has 76 valence electrons. The van der Waals surface area contributed by atoms with Crippen molar-refractivity contribution in [3.8, 4) is 0 Å². The summed E-state index contributed by atoms with van der Waals surface area (Å²) in [7, 11) is 1.60. The first-order chi connectivity index (χ1) is 6.19.